The molecule has 246 valence electrons. The summed E-state index contributed by atoms with van der Waals surface area (Å²) in [5, 5.41) is 4.56. The molecule has 52 heavy (non-hydrogen) atoms. The maximum absolute atomic E-state index is 6.81. The van der Waals surface area contributed by atoms with Crippen LogP contribution in [0.4, 0.5) is 17.1 Å². The second kappa shape index (κ2) is 12.6. The molecule has 1 aliphatic rings. The summed E-state index contributed by atoms with van der Waals surface area (Å²) < 4.78 is 6.81. The van der Waals surface area contributed by atoms with Gasteiger partial charge in [-0.15, -0.1) is 0 Å². The maximum Gasteiger partial charge on any atom is 0.143 e. The van der Waals surface area contributed by atoms with Crippen molar-refractivity contribution in [3.8, 4) is 33.4 Å². The van der Waals surface area contributed by atoms with Crippen LogP contribution in [0.15, 0.2) is 186 Å². The highest BCUT2D eigenvalue weighted by molar-refractivity contribution is 6.22. The lowest BCUT2D eigenvalue weighted by atomic mass is 9.87. The van der Waals surface area contributed by atoms with Gasteiger partial charge in [0.25, 0.3) is 0 Å². The van der Waals surface area contributed by atoms with E-state index in [1.165, 1.54) is 49.9 Å². The van der Waals surface area contributed by atoms with E-state index in [-0.39, 0.29) is 0 Å². The smallest absolute Gasteiger partial charge is 0.143 e. The van der Waals surface area contributed by atoms with Crippen LogP contribution in [-0.2, 0) is 6.42 Å². The molecule has 10 rings (SSSR count). The molecule has 0 atom stereocenters. The van der Waals surface area contributed by atoms with Gasteiger partial charge in [0.05, 0.1) is 11.1 Å². The van der Waals surface area contributed by atoms with Gasteiger partial charge in [-0.1, -0.05) is 146 Å². The Morgan fingerprint density at radius 3 is 1.83 bits per heavy atom. The Morgan fingerprint density at radius 1 is 0.462 bits per heavy atom. The van der Waals surface area contributed by atoms with Crippen molar-refractivity contribution in [2.24, 2.45) is 0 Å². The Balaban J connectivity index is 1.14. The highest BCUT2D eigenvalue weighted by Crippen LogP contribution is 2.47. The van der Waals surface area contributed by atoms with Crippen molar-refractivity contribution in [1.82, 2.24) is 0 Å². The molecule has 0 radical (unpaired) electrons. The van der Waals surface area contributed by atoms with E-state index in [4.69, 9.17) is 4.42 Å². The van der Waals surface area contributed by atoms with Crippen molar-refractivity contribution in [2.75, 3.05) is 4.90 Å². The number of fused-ring (bicyclic) bond motifs is 6. The summed E-state index contributed by atoms with van der Waals surface area (Å²) in [6.45, 7) is 0. The first-order valence-corrected chi connectivity index (χ1v) is 18.1. The van der Waals surface area contributed by atoms with Gasteiger partial charge in [0.2, 0.25) is 0 Å². The van der Waals surface area contributed by atoms with Crippen molar-refractivity contribution in [3.63, 3.8) is 0 Å². The van der Waals surface area contributed by atoms with Gasteiger partial charge in [-0.25, -0.2) is 0 Å². The van der Waals surface area contributed by atoms with E-state index in [9.17, 15) is 0 Å². The van der Waals surface area contributed by atoms with Crippen LogP contribution in [0.25, 0.3) is 72.2 Å². The second-order valence-corrected chi connectivity index (χ2v) is 13.6. The van der Waals surface area contributed by atoms with Gasteiger partial charge < -0.3 is 9.32 Å². The molecule has 0 aliphatic heterocycles. The minimum absolute atomic E-state index is 0.876. The maximum atomic E-state index is 6.81. The third kappa shape index (κ3) is 5.11. The Labute approximate surface area is 303 Å². The first-order valence-electron chi connectivity index (χ1n) is 18.1. The number of nitrogens with zero attached hydrogens (tertiary/aromatic N) is 1. The monoisotopic (exact) mass is 665 g/mol. The normalized spacial score (nSPS) is 12.4. The SMILES string of the molecule is C1=Cc2c(cccc2-c2cc3c(oc4cccc(N(c5ccccc5)c5ccc(-c6ccc(-c7ccccc7)cc6)cc5)c43)c3ccccc23)CC1. The number of para-hydroxylation sites is 1. The molecule has 0 saturated heterocycles. The molecule has 0 N–H and O–H groups in total. The van der Waals surface area contributed by atoms with E-state index < -0.39 is 0 Å². The predicted octanol–water partition coefficient (Wildman–Crippen LogP) is 14.2. The fraction of sp³-hybridized carbons (Fsp3) is 0.0400. The van der Waals surface area contributed by atoms with Gasteiger partial charge >= 0.3 is 0 Å². The highest BCUT2D eigenvalue weighted by atomic mass is 16.3. The Kier molecular flexibility index (Phi) is 7.32. The van der Waals surface area contributed by atoms with Crippen molar-refractivity contribution in [2.45, 2.75) is 12.8 Å². The number of allylic oxidation sites excluding steroid dienone is 1. The quantitative estimate of drug-likeness (QED) is 0.176. The van der Waals surface area contributed by atoms with Gasteiger partial charge in [-0.3, -0.25) is 0 Å². The fourth-order valence-electron chi connectivity index (χ4n) is 8.03. The zero-order valence-electron chi connectivity index (χ0n) is 28.7. The van der Waals surface area contributed by atoms with Crippen LogP contribution in [0.1, 0.15) is 17.5 Å². The zero-order valence-corrected chi connectivity index (χ0v) is 28.7. The number of rotatable bonds is 6. The summed E-state index contributed by atoms with van der Waals surface area (Å²) in [5.41, 5.74) is 15.1. The molecular weight excluding hydrogens is 631 g/mol. The molecule has 1 aromatic heterocycles. The number of hydrogen-bond donors (Lipinski definition) is 0. The Bertz CT molecular complexity index is 2760. The zero-order chi connectivity index (χ0) is 34.4. The third-order valence-electron chi connectivity index (χ3n) is 10.5. The summed E-state index contributed by atoms with van der Waals surface area (Å²) >= 11 is 0. The van der Waals surface area contributed by atoms with E-state index in [2.05, 4.69) is 193 Å². The molecular formula is C50H35NO. The van der Waals surface area contributed by atoms with E-state index >= 15 is 0 Å². The van der Waals surface area contributed by atoms with Crippen molar-refractivity contribution in [1.29, 1.82) is 0 Å². The lowest BCUT2D eigenvalue weighted by molar-refractivity contribution is 0.672. The average molecular weight is 666 g/mol. The first-order chi connectivity index (χ1) is 25.8. The van der Waals surface area contributed by atoms with Crippen molar-refractivity contribution in [3.05, 3.63) is 193 Å². The van der Waals surface area contributed by atoms with Crippen LogP contribution in [0.3, 0.4) is 0 Å². The minimum atomic E-state index is 0.876. The van der Waals surface area contributed by atoms with Crippen LogP contribution in [0, 0.1) is 0 Å². The van der Waals surface area contributed by atoms with Crippen LogP contribution in [0.2, 0.25) is 0 Å². The topological polar surface area (TPSA) is 16.4 Å². The summed E-state index contributed by atoms with van der Waals surface area (Å²) in [4.78, 5) is 2.36. The van der Waals surface area contributed by atoms with Gasteiger partial charge in [0.1, 0.15) is 11.2 Å². The highest BCUT2D eigenvalue weighted by Gasteiger charge is 2.22. The third-order valence-corrected chi connectivity index (χ3v) is 10.5. The van der Waals surface area contributed by atoms with Gasteiger partial charge in [-0.2, -0.15) is 0 Å². The van der Waals surface area contributed by atoms with Crippen molar-refractivity contribution >= 4 is 55.8 Å². The summed E-state index contributed by atoms with van der Waals surface area (Å²) in [6, 6.07) is 63.2. The van der Waals surface area contributed by atoms with Crippen LogP contribution in [0.5, 0.6) is 0 Å². The standard InChI is InChI=1S/C50H35NO/c1-3-13-34(14-4-1)35-25-27-36(28-26-35)37-29-31-40(32-30-37)51(39-17-5-2-6-18-39)47-23-12-24-48-49(47)46-33-45(43-20-9-10-21-44(43)50(46)52-48)42-22-11-16-38-15-7-8-19-41(38)42/h1-6,8-14,16-33H,7,15H2. The number of benzene rings is 8. The van der Waals surface area contributed by atoms with E-state index in [0.29, 0.717) is 0 Å². The summed E-state index contributed by atoms with van der Waals surface area (Å²) in [7, 11) is 0. The molecule has 9 aromatic rings. The second-order valence-electron chi connectivity index (χ2n) is 13.6. The molecule has 0 spiro atoms. The molecule has 0 amide bonds. The molecule has 8 aromatic carbocycles. The lowest BCUT2D eigenvalue weighted by Gasteiger charge is -2.26. The Hall–Kier alpha value is -6.64. The van der Waals surface area contributed by atoms with E-state index in [1.807, 2.05) is 0 Å². The molecule has 2 heteroatoms. The Morgan fingerprint density at radius 2 is 1.08 bits per heavy atom. The number of hydrogen-bond acceptors (Lipinski definition) is 2. The minimum Gasteiger partial charge on any atom is -0.455 e. The lowest BCUT2D eigenvalue weighted by Crippen LogP contribution is -2.10. The number of aryl methyl sites for hydroxylation is 1. The van der Waals surface area contributed by atoms with Crippen LogP contribution < -0.4 is 4.90 Å². The molecule has 0 bridgehead atoms. The average Bonchev–Trinajstić information content (AvgIpc) is 3.61. The van der Waals surface area contributed by atoms with Crippen LogP contribution in [-0.4, -0.2) is 0 Å². The number of furan rings is 1. The van der Waals surface area contributed by atoms with Crippen LogP contribution >= 0.6 is 0 Å². The summed E-state index contributed by atoms with van der Waals surface area (Å²) in [5.74, 6) is 0. The van der Waals surface area contributed by atoms with Crippen molar-refractivity contribution < 1.29 is 4.42 Å². The fourth-order valence-corrected chi connectivity index (χ4v) is 8.03. The van der Waals surface area contributed by atoms with Gasteiger partial charge in [-0.05, 0) is 105 Å². The van der Waals surface area contributed by atoms with E-state index in [1.54, 1.807) is 0 Å². The number of anilines is 3. The molecule has 1 heterocycles. The summed E-state index contributed by atoms with van der Waals surface area (Å²) in [6.07, 6.45) is 6.77. The molecule has 0 unspecified atom stereocenters. The molecule has 0 saturated carbocycles. The predicted molar refractivity (Wildman–Crippen MR) is 220 cm³/mol. The van der Waals surface area contributed by atoms with E-state index in [0.717, 1.165) is 57.2 Å². The largest absolute Gasteiger partial charge is 0.455 e. The molecule has 1 aliphatic carbocycles. The molecule has 2 nitrogen and oxygen atoms in total. The van der Waals surface area contributed by atoms with Gasteiger partial charge in [0.15, 0.2) is 0 Å². The first kappa shape index (κ1) is 30.2. The molecule has 0 fully saturated rings. The van der Waals surface area contributed by atoms with Gasteiger partial charge in [0, 0.05) is 22.1 Å².